The Morgan fingerprint density at radius 3 is 3.00 bits per heavy atom. The van der Waals surface area contributed by atoms with Crippen LogP contribution < -0.4 is 4.74 Å². The number of nitrogens with zero attached hydrogens (tertiary/aromatic N) is 1. The number of halogens is 1. The van der Waals surface area contributed by atoms with Gasteiger partial charge >= 0.3 is 0 Å². The lowest BCUT2D eigenvalue weighted by atomic mass is 10.2. The first-order valence-corrected chi connectivity index (χ1v) is 8.22. The average Bonchev–Trinajstić information content (AvgIpc) is 2.73. The van der Waals surface area contributed by atoms with E-state index in [0.29, 0.717) is 5.70 Å². The largest absolute Gasteiger partial charge is 0.497 e. The van der Waals surface area contributed by atoms with Gasteiger partial charge in [-0.1, -0.05) is 34.6 Å². The highest BCUT2D eigenvalue weighted by Gasteiger charge is 2.22. The van der Waals surface area contributed by atoms with Gasteiger partial charge in [0.15, 0.2) is 0 Å². The summed E-state index contributed by atoms with van der Waals surface area (Å²) in [7, 11) is 1.62. The second-order valence-electron chi connectivity index (χ2n) is 3.62. The molecule has 0 atom stereocenters. The summed E-state index contributed by atoms with van der Waals surface area (Å²) in [5.74, 6) is 1.66. The molecule has 0 aromatic heterocycles. The molecule has 0 saturated heterocycles. The second-order valence-corrected chi connectivity index (χ2v) is 6.94. The van der Waals surface area contributed by atoms with Gasteiger partial charge in [0.2, 0.25) is 5.12 Å². The monoisotopic (exact) mass is 357 g/mol. The Balaban J connectivity index is 2.33. The van der Waals surface area contributed by atoms with Crippen molar-refractivity contribution in [2.24, 2.45) is 4.99 Å². The van der Waals surface area contributed by atoms with Crippen LogP contribution in [-0.4, -0.2) is 22.4 Å². The zero-order valence-corrected chi connectivity index (χ0v) is 13.7. The van der Waals surface area contributed by atoms with Crippen LogP contribution in [0.4, 0.5) is 0 Å². The van der Waals surface area contributed by atoms with Crippen molar-refractivity contribution in [1.82, 2.24) is 0 Å². The zero-order valence-electron chi connectivity index (χ0n) is 10.5. The van der Waals surface area contributed by atoms with Gasteiger partial charge in [-0.2, -0.15) is 0 Å². The number of thioether (sulfide) groups is 2. The molecule has 1 aromatic rings. The third-order valence-corrected chi connectivity index (χ3v) is 4.98. The summed E-state index contributed by atoms with van der Waals surface area (Å²) in [5, 5.41) is -0.00864. The highest BCUT2D eigenvalue weighted by molar-refractivity contribution is 9.10. The molecule has 0 bridgehead atoms. The molecule has 0 fully saturated rings. The van der Waals surface area contributed by atoms with Crippen LogP contribution in [0.15, 0.2) is 33.4 Å². The van der Waals surface area contributed by atoms with Crippen LogP contribution in [0.25, 0.3) is 6.08 Å². The van der Waals surface area contributed by atoms with Crippen molar-refractivity contribution in [3.05, 3.63) is 33.9 Å². The standard InChI is InChI=1S/C13H12BrNO2S2/c1-3-18-13-15-11(12(16)19-13)7-8-6-9(17-2)4-5-10(8)14/h4-7H,3H2,1-2H3. The number of carbonyl (C=O) groups excluding carboxylic acids is 1. The second kappa shape index (κ2) is 6.63. The highest BCUT2D eigenvalue weighted by atomic mass is 79.9. The molecule has 0 amide bonds. The fourth-order valence-electron chi connectivity index (χ4n) is 1.48. The number of aliphatic imine (C=N–C) groups is 1. The molecule has 0 saturated carbocycles. The van der Waals surface area contributed by atoms with E-state index in [9.17, 15) is 4.79 Å². The molecule has 0 unspecified atom stereocenters. The van der Waals surface area contributed by atoms with Crippen LogP contribution in [0.3, 0.4) is 0 Å². The normalized spacial score (nSPS) is 16.9. The fraction of sp³-hybridized carbons (Fsp3) is 0.231. The third-order valence-electron chi connectivity index (χ3n) is 2.36. The Labute approximate surface area is 129 Å². The molecular formula is C13H12BrNO2S2. The Hall–Kier alpha value is -0.720. The number of methoxy groups -OCH3 is 1. The van der Waals surface area contributed by atoms with E-state index in [0.717, 1.165) is 25.9 Å². The predicted octanol–water partition coefficient (Wildman–Crippen LogP) is 4.18. The van der Waals surface area contributed by atoms with Gasteiger partial charge in [-0.05, 0) is 47.4 Å². The molecule has 1 aromatic carbocycles. The van der Waals surface area contributed by atoms with Gasteiger partial charge in [0.25, 0.3) is 0 Å². The van der Waals surface area contributed by atoms with Gasteiger partial charge in [-0.3, -0.25) is 4.79 Å². The van der Waals surface area contributed by atoms with Crippen LogP contribution in [0.5, 0.6) is 5.75 Å². The molecule has 19 heavy (non-hydrogen) atoms. The smallest absolute Gasteiger partial charge is 0.244 e. The van der Waals surface area contributed by atoms with E-state index in [4.69, 9.17) is 4.74 Å². The Morgan fingerprint density at radius 1 is 1.53 bits per heavy atom. The molecule has 1 aliphatic heterocycles. The molecule has 1 heterocycles. The molecule has 6 heteroatoms. The van der Waals surface area contributed by atoms with E-state index >= 15 is 0 Å². The Kier molecular flexibility index (Phi) is 5.13. The molecule has 0 aliphatic carbocycles. The van der Waals surface area contributed by atoms with Crippen molar-refractivity contribution in [3.63, 3.8) is 0 Å². The van der Waals surface area contributed by atoms with Gasteiger partial charge in [0.1, 0.15) is 15.8 Å². The number of hydrogen-bond acceptors (Lipinski definition) is 5. The van der Waals surface area contributed by atoms with Crippen LogP contribution in [0.1, 0.15) is 12.5 Å². The molecular weight excluding hydrogens is 346 g/mol. The Morgan fingerprint density at radius 2 is 2.32 bits per heavy atom. The summed E-state index contributed by atoms with van der Waals surface area (Å²) in [6, 6.07) is 5.62. The van der Waals surface area contributed by atoms with E-state index < -0.39 is 0 Å². The first-order chi connectivity index (χ1) is 9.13. The minimum Gasteiger partial charge on any atom is -0.497 e. The lowest BCUT2D eigenvalue weighted by Crippen LogP contribution is -1.89. The summed E-state index contributed by atoms with van der Waals surface area (Å²) in [5.41, 5.74) is 1.37. The number of benzene rings is 1. The molecule has 2 rings (SSSR count). The van der Waals surface area contributed by atoms with Crippen LogP contribution in [0, 0.1) is 0 Å². The summed E-state index contributed by atoms with van der Waals surface area (Å²) in [6.07, 6.45) is 1.78. The van der Waals surface area contributed by atoms with E-state index in [1.165, 1.54) is 11.8 Å². The quantitative estimate of drug-likeness (QED) is 0.760. The number of ether oxygens (including phenoxy) is 1. The minimum atomic E-state index is -0.00864. The number of hydrogen-bond donors (Lipinski definition) is 0. The maximum Gasteiger partial charge on any atom is 0.244 e. The average molecular weight is 358 g/mol. The van der Waals surface area contributed by atoms with Gasteiger partial charge in [0, 0.05) is 4.47 Å². The summed E-state index contributed by atoms with van der Waals surface area (Å²) in [6.45, 7) is 2.04. The van der Waals surface area contributed by atoms with Gasteiger partial charge < -0.3 is 4.74 Å². The molecule has 100 valence electrons. The van der Waals surface area contributed by atoms with E-state index in [1.807, 2.05) is 25.1 Å². The van der Waals surface area contributed by atoms with Crippen molar-refractivity contribution < 1.29 is 9.53 Å². The Bertz CT molecular complexity index is 570. The van der Waals surface area contributed by atoms with Crippen molar-refractivity contribution >= 4 is 55.0 Å². The third kappa shape index (κ3) is 3.64. The van der Waals surface area contributed by atoms with Crippen LogP contribution in [-0.2, 0) is 4.79 Å². The summed E-state index contributed by atoms with van der Waals surface area (Å²) < 4.78 is 6.91. The predicted molar refractivity (Wildman–Crippen MR) is 86.8 cm³/mol. The number of rotatable bonds is 3. The molecule has 0 radical (unpaired) electrons. The van der Waals surface area contributed by atoms with E-state index in [1.54, 1.807) is 24.9 Å². The van der Waals surface area contributed by atoms with Crippen LogP contribution >= 0.6 is 39.5 Å². The van der Waals surface area contributed by atoms with Crippen LogP contribution in [0.2, 0.25) is 0 Å². The maximum atomic E-state index is 11.8. The molecule has 0 spiro atoms. The summed E-state index contributed by atoms with van der Waals surface area (Å²) in [4.78, 5) is 16.2. The van der Waals surface area contributed by atoms with E-state index in [-0.39, 0.29) is 5.12 Å². The number of carbonyl (C=O) groups is 1. The SMILES string of the molecule is CCSC1=NC(=Cc2cc(OC)ccc2Br)C(=O)S1. The minimum absolute atomic E-state index is 0.00864. The molecule has 3 nitrogen and oxygen atoms in total. The summed E-state index contributed by atoms with van der Waals surface area (Å²) >= 11 is 6.24. The van der Waals surface area contributed by atoms with E-state index in [2.05, 4.69) is 20.9 Å². The van der Waals surface area contributed by atoms with Crippen molar-refractivity contribution in [2.75, 3.05) is 12.9 Å². The lowest BCUT2D eigenvalue weighted by molar-refractivity contribution is -0.107. The van der Waals surface area contributed by atoms with Gasteiger partial charge in [0.05, 0.1) is 7.11 Å². The first kappa shape index (κ1) is 14.7. The van der Waals surface area contributed by atoms with Crippen molar-refractivity contribution in [3.8, 4) is 5.75 Å². The maximum absolute atomic E-state index is 11.8. The fourth-order valence-corrected chi connectivity index (χ4v) is 3.58. The van der Waals surface area contributed by atoms with Gasteiger partial charge in [-0.25, -0.2) is 4.99 Å². The zero-order chi connectivity index (χ0) is 13.8. The first-order valence-electron chi connectivity index (χ1n) is 5.63. The van der Waals surface area contributed by atoms with Crippen molar-refractivity contribution in [2.45, 2.75) is 6.92 Å². The van der Waals surface area contributed by atoms with Crippen molar-refractivity contribution in [1.29, 1.82) is 0 Å². The van der Waals surface area contributed by atoms with Gasteiger partial charge in [-0.15, -0.1) is 0 Å². The molecule has 0 N–H and O–H groups in total. The highest BCUT2D eigenvalue weighted by Crippen LogP contribution is 2.32. The molecule has 1 aliphatic rings. The topological polar surface area (TPSA) is 38.7 Å². The lowest BCUT2D eigenvalue weighted by Gasteiger charge is -2.03.